The maximum atomic E-state index is 13.0. The number of aromatic nitrogens is 3. The smallest absolute Gasteiger partial charge is 0.247 e. The molecule has 0 saturated carbocycles. The van der Waals surface area contributed by atoms with Gasteiger partial charge in [-0.25, -0.2) is 0 Å². The van der Waals surface area contributed by atoms with E-state index in [4.69, 9.17) is 5.73 Å². The van der Waals surface area contributed by atoms with Crippen LogP contribution in [0.3, 0.4) is 0 Å². The first-order chi connectivity index (χ1) is 14.0. The van der Waals surface area contributed by atoms with Gasteiger partial charge < -0.3 is 11.1 Å². The lowest BCUT2D eigenvalue weighted by atomic mass is 10.1. The van der Waals surface area contributed by atoms with Crippen LogP contribution in [0.2, 0.25) is 0 Å². The summed E-state index contributed by atoms with van der Waals surface area (Å²) in [7, 11) is 0. The van der Waals surface area contributed by atoms with E-state index in [1.807, 2.05) is 51.1 Å². The second-order valence-corrected chi connectivity index (χ2v) is 8.09. The van der Waals surface area contributed by atoms with Crippen LogP contribution in [-0.2, 0) is 11.2 Å². The number of nitrogens with one attached hydrogen (secondary N) is 1. The Morgan fingerprint density at radius 2 is 1.93 bits per heavy atom. The molecule has 1 aromatic heterocycles. The van der Waals surface area contributed by atoms with E-state index in [0.717, 1.165) is 29.0 Å². The molecular weight excluding hydrogens is 382 g/mol. The quantitative estimate of drug-likeness (QED) is 0.539. The summed E-state index contributed by atoms with van der Waals surface area (Å²) in [5, 5.41) is 11.9. The molecule has 0 fully saturated rings. The minimum atomic E-state index is -0.468. The van der Waals surface area contributed by atoms with Gasteiger partial charge in [0, 0.05) is 11.4 Å². The molecule has 1 heterocycles. The molecule has 3 N–H and O–H groups in total. The van der Waals surface area contributed by atoms with E-state index in [2.05, 4.69) is 33.7 Å². The van der Waals surface area contributed by atoms with Gasteiger partial charge in [0.15, 0.2) is 5.16 Å². The van der Waals surface area contributed by atoms with Gasteiger partial charge in [0.2, 0.25) is 11.9 Å². The molecular formula is C22H27N5OS. The number of nitrogen functional groups attached to an aromatic ring is 1. The summed E-state index contributed by atoms with van der Waals surface area (Å²) in [6.45, 7) is 5.98. The number of nitrogens with two attached hydrogens (primary N) is 1. The lowest BCUT2D eigenvalue weighted by Crippen LogP contribution is -2.27. The van der Waals surface area contributed by atoms with Crippen molar-refractivity contribution in [3.8, 4) is 0 Å². The van der Waals surface area contributed by atoms with E-state index in [-0.39, 0.29) is 11.9 Å². The Morgan fingerprint density at radius 3 is 2.62 bits per heavy atom. The number of benzene rings is 2. The monoisotopic (exact) mass is 409 g/mol. The normalized spacial score (nSPS) is 12.0. The van der Waals surface area contributed by atoms with Gasteiger partial charge >= 0.3 is 0 Å². The minimum Gasteiger partial charge on any atom is -0.368 e. The zero-order valence-electron chi connectivity index (χ0n) is 17.1. The molecule has 29 heavy (non-hydrogen) atoms. The minimum absolute atomic E-state index is 0.115. The Morgan fingerprint density at radius 1 is 1.17 bits per heavy atom. The van der Waals surface area contributed by atoms with Crippen molar-refractivity contribution in [1.29, 1.82) is 0 Å². The lowest BCUT2D eigenvalue weighted by molar-refractivity contribution is -0.119. The number of aryl methyl sites for hydroxylation is 3. The Balaban J connectivity index is 1.73. The third kappa shape index (κ3) is 5.17. The number of hydrogen-bond donors (Lipinski definition) is 2. The average Bonchev–Trinajstić information content (AvgIpc) is 3.06. The third-order valence-electron chi connectivity index (χ3n) is 4.80. The lowest BCUT2D eigenvalue weighted by Gasteiger charge is -2.20. The second-order valence-electron chi connectivity index (χ2n) is 7.03. The molecule has 0 aliphatic heterocycles. The molecule has 3 aromatic rings. The Labute approximate surface area is 175 Å². The largest absolute Gasteiger partial charge is 0.368 e. The fourth-order valence-corrected chi connectivity index (χ4v) is 4.22. The highest BCUT2D eigenvalue weighted by atomic mass is 32.2. The molecule has 2 aromatic carbocycles. The van der Waals surface area contributed by atoms with Gasteiger partial charge in [-0.2, -0.15) is 0 Å². The number of rotatable bonds is 8. The summed E-state index contributed by atoms with van der Waals surface area (Å²) < 4.78 is 1.74. The predicted molar refractivity (Wildman–Crippen MR) is 119 cm³/mol. The highest BCUT2D eigenvalue weighted by Crippen LogP contribution is 2.27. The van der Waals surface area contributed by atoms with Crippen LogP contribution >= 0.6 is 11.8 Å². The van der Waals surface area contributed by atoms with Crippen molar-refractivity contribution >= 4 is 29.3 Å². The molecule has 0 aliphatic carbocycles. The number of thioether (sulfide) groups is 1. The summed E-state index contributed by atoms with van der Waals surface area (Å²) in [4.78, 5) is 13.0. The fourth-order valence-electron chi connectivity index (χ4n) is 3.24. The Hall–Kier alpha value is -2.80. The zero-order valence-corrected chi connectivity index (χ0v) is 17.9. The van der Waals surface area contributed by atoms with Crippen LogP contribution in [0.5, 0.6) is 0 Å². The third-order valence-corrected chi connectivity index (χ3v) is 5.74. The number of carbonyl (C=O) groups excluding carboxylic acids is 1. The highest BCUT2D eigenvalue weighted by Gasteiger charge is 2.25. The average molecular weight is 410 g/mol. The molecule has 0 saturated heterocycles. The molecule has 0 aliphatic rings. The molecule has 1 amide bonds. The summed E-state index contributed by atoms with van der Waals surface area (Å²) >= 11 is 1.56. The van der Waals surface area contributed by atoms with Crippen molar-refractivity contribution in [2.75, 3.05) is 16.8 Å². The van der Waals surface area contributed by atoms with Gasteiger partial charge in [-0.3, -0.25) is 9.36 Å². The molecule has 0 radical (unpaired) electrons. The van der Waals surface area contributed by atoms with Crippen LogP contribution in [0, 0.1) is 13.8 Å². The standard InChI is InChI=1S/C22H27N5OS/c1-4-19(20(28)24-18-11-10-15(2)14-16(18)3)27-21(23)25-26-22(27)29-13-12-17-8-6-5-7-9-17/h5-11,14,19H,4,12-13H2,1-3H3,(H2,23,25)(H,24,28). The summed E-state index contributed by atoms with van der Waals surface area (Å²) in [5.74, 6) is 0.975. The van der Waals surface area contributed by atoms with Crippen LogP contribution in [-0.4, -0.2) is 26.4 Å². The van der Waals surface area contributed by atoms with Crippen molar-refractivity contribution in [2.24, 2.45) is 0 Å². The van der Waals surface area contributed by atoms with Gasteiger partial charge in [-0.05, 0) is 43.9 Å². The zero-order chi connectivity index (χ0) is 20.8. The SMILES string of the molecule is CCC(C(=O)Nc1ccc(C)cc1C)n1c(N)nnc1SCCc1ccccc1. The molecule has 3 rings (SSSR count). The summed E-state index contributed by atoms with van der Waals surface area (Å²) in [6, 6.07) is 15.8. The van der Waals surface area contributed by atoms with Gasteiger partial charge in [0.25, 0.3) is 0 Å². The highest BCUT2D eigenvalue weighted by molar-refractivity contribution is 7.99. The number of nitrogens with zero attached hydrogens (tertiary/aromatic N) is 3. The van der Waals surface area contributed by atoms with E-state index in [0.29, 0.717) is 11.6 Å². The molecule has 0 bridgehead atoms. The van der Waals surface area contributed by atoms with Crippen molar-refractivity contribution in [2.45, 2.75) is 44.8 Å². The molecule has 7 heteroatoms. The van der Waals surface area contributed by atoms with Crippen molar-refractivity contribution < 1.29 is 4.79 Å². The molecule has 152 valence electrons. The van der Waals surface area contributed by atoms with Gasteiger partial charge in [0.05, 0.1) is 0 Å². The summed E-state index contributed by atoms with van der Waals surface area (Å²) in [5.41, 5.74) is 10.3. The number of carbonyl (C=O) groups is 1. The Bertz CT molecular complexity index is 971. The van der Waals surface area contributed by atoms with E-state index in [1.54, 1.807) is 16.3 Å². The van der Waals surface area contributed by atoms with E-state index in [9.17, 15) is 4.79 Å². The van der Waals surface area contributed by atoms with Gasteiger partial charge in [-0.15, -0.1) is 10.2 Å². The maximum Gasteiger partial charge on any atom is 0.247 e. The van der Waals surface area contributed by atoms with Gasteiger partial charge in [-0.1, -0.05) is 66.7 Å². The van der Waals surface area contributed by atoms with Crippen molar-refractivity contribution in [1.82, 2.24) is 14.8 Å². The van der Waals surface area contributed by atoms with Gasteiger partial charge in [0.1, 0.15) is 6.04 Å². The van der Waals surface area contributed by atoms with Crippen LogP contribution in [0.4, 0.5) is 11.6 Å². The summed E-state index contributed by atoms with van der Waals surface area (Å²) in [6.07, 6.45) is 1.50. The fraction of sp³-hybridized carbons (Fsp3) is 0.318. The number of anilines is 2. The van der Waals surface area contributed by atoms with E-state index >= 15 is 0 Å². The first-order valence-corrected chi connectivity index (χ1v) is 10.7. The topological polar surface area (TPSA) is 85.8 Å². The number of amides is 1. The molecule has 0 spiro atoms. The molecule has 1 atom stereocenters. The van der Waals surface area contributed by atoms with Crippen molar-refractivity contribution in [3.63, 3.8) is 0 Å². The molecule has 6 nitrogen and oxygen atoms in total. The second kappa shape index (κ2) is 9.60. The predicted octanol–water partition coefficient (Wildman–Crippen LogP) is 4.40. The first-order valence-electron chi connectivity index (χ1n) is 9.74. The van der Waals surface area contributed by atoms with Crippen molar-refractivity contribution in [3.05, 3.63) is 65.2 Å². The maximum absolute atomic E-state index is 13.0. The van der Waals surface area contributed by atoms with Crippen LogP contribution in [0.25, 0.3) is 0 Å². The molecule has 1 unspecified atom stereocenters. The Kier molecular flexibility index (Phi) is 6.93. The number of hydrogen-bond acceptors (Lipinski definition) is 5. The first kappa shape index (κ1) is 20.9. The van der Waals surface area contributed by atoms with E-state index in [1.165, 1.54) is 5.56 Å². The van der Waals surface area contributed by atoms with E-state index < -0.39 is 6.04 Å². The van der Waals surface area contributed by atoms with Crippen LogP contribution < -0.4 is 11.1 Å². The van der Waals surface area contributed by atoms with Crippen LogP contribution in [0.15, 0.2) is 53.7 Å². The van der Waals surface area contributed by atoms with Crippen LogP contribution in [0.1, 0.15) is 36.1 Å².